The van der Waals surface area contributed by atoms with E-state index in [9.17, 15) is 4.79 Å². The minimum absolute atomic E-state index is 0.317. The summed E-state index contributed by atoms with van der Waals surface area (Å²) in [7, 11) is 0. The Balaban J connectivity index is 2.99. The van der Waals surface area contributed by atoms with E-state index in [0.717, 1.165) is 0 Å². The first-order chi connectivity index (χ1) is 7.45. The zero-order valence-electron chi connectivity index (χ0n) is 8.22. The molecule has 0 aromatic heterocycles. The molecule has 16 heavy (non-hydrogen) atoms. The second-order valence-corrected chi connectivity index (χ2v) is 4.81. The van der Waals surface area contributed by atoms with Gasteiger partial charge in [0.1, 0.15) is 5.92 Å². The van der Waals surface area contributed by atoms with Gasteiger partial charge in [0.05, 0.1) is 21.8 Å². The predicted octanol–water partition coefficient (Wildman–Crippen LogP) is 3.85. The number of benzene rings is 1. The molecule has 0 bridgehead atoms. The zero-order chi connectivity index (χ0) is 12.3. The molecule has 0 aliphatic heterocycles. The smallest absolute Gasteiger partial charge is 0.241 e. The van der Waals surface area contributed by atoms with Crippen molar-refractivity contribution < 1.29 is 4.79 Å². The molecule has 3 nitrogen and oxygen atoms in total. The Morgan fingerprint density at radius 3 is 2.44 bits per heavy atom. The second-order valence-electron chi connectivity index (χ2n) is 3.08. The van der Waals surface area contributed by atoms with Crippen molar-refractivity contribution in [2.75, 3.05) is 5.32 Å². The largest absolute Gasteiger partial charge is 0.322 e. The minimum atomic E-state index is -0.754. The fourth-order valence-electron chi connectivity index (χ4n) is 0.952. The van der Waals surface area contributed by atoms with E-state index < -0.39 is 11.8 Å². The number of carbonyl (C=O) groups is 1. The second kappa shape index (κ2) is 5.53. The van der Waals surface area contributed by atoms with Gasteiger partial charge in [0, 0.05) is 4.47 Å². The van der Waals surface area contributed by atoms with Crippen LogP contribution in [0, 0.1) is 17.2 Å². The Hall–Kier alpha value is -0.760. The van der Waals surface area contributed by atoms with Gasteiger partial charge in [-0.15, -0.1) is 0 Å². The van der Waals surface area contributed by atoms with Gasteiger partial charge in [-0.05, 0) is 19.1 Å². The van der Waals surface area contributed by atoms with Crippen molar-refractivity contribution in [3.05, 3.63) is 26.7 Å². The van der Waals surface area contributed by atoms with Crippen LogP contribution in [0.1, 0.15) is 6.92 Å². The van der Waals surface area contributed by atoms with Crippen LogP contribution in [0.25, 0.3) is 0 Å². The number of hydrogen-bond donors (Lipinski definition) is 1. The van der Waals surface area contributed by atoms with E-state index >= 15 is 0 Å². The molecule has 0 saturated carbocycles. The van der Waals surface area contributed by atoms with Crippen molar-refractivity contribution in [1.29, 1.82) is 5.26 Å². The molecule has 1 rings (SSSR count). The number of nitrogens with one attached hydrogen (secondary N) is 1. The number of anilines is 1. The number of carbonyl (C=O) groups excluding carboxylic acids is 1. The van der Waals surface area contributed by atoms with Gasteiger partial charge in [0.25, 0.3) is 0 Å². The summed E-state index contributed by atoms with van der Waals surface area (Å²) in [5.41, 5.74) is 0.318. The molecule has 0 aliphatic carbocycles. The first-order valence-electron chi connectivity index (χ1n) is 4.30. The normalized spacial score (nSPS) is 11.7. The maximum Gasteiger partial charge on any atom is 0.241 e. The average Bonchev–Trinajstić information content (AvgIpc) is 2.21. The monoisotopic (exact) mass is 320 g/mol. The quantitative estimate of drug-likeness (QED) is 0.899. The van der Waals surface area contributed by atoms with Crippen LogP contribution in [-0.4, -0.2) is 5.91 Å². The van der Waals surface area contributed by atoms with Crippen LogP contribution in [-0.2, 0) is 4.79 Å². The molecule has 0 spiro atoms. The summed E-state index contributed by atoms with van der Waals surface area (Å²) in [4.78, 5) is 11.5. The Morgan fingerprint density at radius 1 is 1.50 bits per heavy atom. The number of rotatable bonds is 2. The summed E-state index contributed by atoms with van der Waals surface area (Å²) >= 11 is 15.1. The Morgan fingerprint density at radius 2 is 2.00 bits per heavy atom. The molecule has 1 amide bonds. The molecule has 0 radical (unpaired) electrons. The molecule has 0 saturated heterocycles. The number of hydrogen-bond acceptors (Lipinski definition) is 2. The summed E-state index contributed by atoms with van der Waals surface area (Å²) in [5, 5.41) is 11.7. The van der Waals surface area contributed by atoms with Gasteiger partial charge < -0.3 is 5.32 Å². The van der Waals surface area contributed by atoms with E-state index in [-0.39, 0.29) is 0 Å². The molecule has 0 fully saturated rings. The van der Waals surface area contributed by atoms with Gasteiger partial charge in [-0.3, -0.25) is 4.79 Å². The highest BCUT2D eigenvalue weighted by Crippen LogP contribution is 2.33. The van der Waals surface area contributed by atoms with Crippen LogP contribution in [0.5, 0.6) is 0 Å². The van der Waals surface area contributed by atoms with E-state index in [1.165, 1.54) is 6.92 Å². The highest BCUT2D eigenvalue weighted by molar-refractivity contribution is 9.10. The summed E-state index contributed by atoms with van der Waals surface area (Å²) < 4.78 is 0.717. The molecule has 84 valence electrons. The van der Waals surface area contributed by atoms with E-state index in [2.05, 4.69) is 21.2 Å². The first kappa shape index (κ1) is 13.3. The van der Waals surface area contributed by atoms with E-state index in [0.29, 0.717) is 20.2 Å². The van der Waals surface area contributed by atoms with Gasteiger partial charge in [-0.1, -0.05) is 39.1 Å². The highest BCUT2D eigenvalue weighted by atomic mass is 79.9. The fraction of sp³-hybridized carbons (Fsp3) is 0.200. The van der Waals surface area contributed by atoms with Crippen LogP contribution in [0.3, 0.4) is 0 Å². The molecular formula is C10H7BrCl2N2O. The summed E-state index contributed by atoms with van der Waals surface area (Å²) in [5.74, 6) is -1.19. The molecule has 1 atom stereocenters. The van der Waals surface area contributed by atoms with Crippen molar-refractivity contribution in [2.24, 2.45) is 5.92 Å². The van der Waals surface area contributed by atoms with Crippen LogP contribution in [0.15, 0.2) is 16.6 Å². The average molecular weight is 322 g/mol. The molecule has 1 N–H and O–H groups in total. The molecular weight excluding hydrogens is 315 g/mol. The summed E-state index contributed by atoms with van der Waals surface area (Å²) in [6.45, 7) is 1.50. The molecule has 6 heteroatoms. The molecule has 1 aromatic rings. The molecule has 0 aliphatic rings. The fourth-order valence-corrected chi connectivity index (χ4v) is 2.25. The topological polar surface area (TPSA) is 52.9 Å². The van der Waals surface area contributed by atoms with Crippen LogP contribution < -0.4 is 5.32 Å². The lowest BCUT2D eigenvalue weighted by Gasteiger charge is -2.10. The predicted molar refractivity (Wildman–Crippen MR) is 67.6 cm³/mol. The first-order valence-corrected chi connectivity index (χ1v) is 5.85. The van der Waals surface area contributed by atoms with Gasteiger partial charge in [0.15, 0.2) is 0 Å². The van der Waals surface area contributed by atoms with Gasteiger partial charge in [-0.2, -0.15) is 5.26 Å². The van der Waals surface area contributed by atoms with Gasteiger partial charge >= 0.3 is 0 Å². The third-order valence-electron chi connectivity index (χ3n) is 1.84. The highest BCUT2D eigenvalue weighted by Gasteiger charge is 2.15. The maximum atomic E-state index is 11.5. The number of amides is 1. The summed E-state index contributed by atoms with van der Waals surface area (Å²) in [6, 6.07) is 5.05. The van der Waals surface area contributed by atoms with E-state index in [1.54, 1.807) is 12.1 Å². The molecule has 1 aromatic carbocycles. The van der Waals surface area contributed by atoms with Gasteiger partial charge in [0.2, 0.25) is 5.91 Å². The molecule has 0 heterocycles. The Bertz CT molecular complexity index is 447. The van der Waals surface area contributed by atoms with Crippen LogP contribution >= 0.6 is 39.1 Å². The number of nitrogens with zero attached hydrogens (tertiary/aromatic N) is 1. The standard InChI is InChI=1S/C10H7BrCl2N2O/c1-5(4-14)10(16)15-9-7(12)2-6(11)3-8(9)13/h2-3,5H,1H3,(H,15,16). The zero-order valence-corrected chi connectivity index (χ0v) is 11.3. The van der Waals surface area contributed by atoms with Crippen LogP contribution in [0.2, 0.25) is 10.0 Å². The number of halogens is 3. The lowest BCUT2D eigenvalue weighted by molar-refractivity contribution is -0.117. The minimum Gasteiger partial charge on any atom is -0.322 e. The third kappa shape index (κ3) is 3.11. The third-order valence-corrected chi connectivity index (χ3v) is 2.90. The molecule has 1 unspecified atom stereocenters. The van der Waals surface area contributed by atoms with Crippen LogP contribution in [0.4, 0.5) is 5.69 Å². The van der Waals surface area contributed by atoms with Crippen molar-refractivity contribution >= 4 is 50.7 Å². The Kier molecular flexibility index (Phi) is 4.60. The van der Waals surface area contributed by atoms with E-state index in [1.807, 2.05) is 6.07 Å². The number of nitriles is 1. The maximum absolute atomic E-state index is 11.5. The van der Waals surface area contributed by atoms with Crippen molar-refractivity contribution in [1.82, 2.24) is 0 Å². The SMILES string of the molecule is CC(C#N)C(=O)Nc1c(Cl)cc(Br)cc1Cl. The van der Waals surface area contributed by atoms with E-state index in [4.69, 9.17) is 28.5 Å². The van der Waals surface area contributed by atoms with Crippen molar-refractivity contribution in [3.63, 3.8) is 0 Å². The van der Waals surface area contributed by atoms with Crippen molar-refractivity contribution in [2.45, 2.75) is 6.92 Å². The van der Waals surface area contributed by atoms with Gasteiger partial charge in [-0.25, -0.2) is 0 Å². The Labute approximate surface area is 111 Å². The lowest BCUT2D eigenvalue weighted by Crippen LogP contribution is -2.19. The summed E-state index contributed by atoms with van der Waals surface area (Å²) in [6.07, 6.45) is 0. The lowest BCUT2D eigenvalue weighted by atomic mass is 10.2. The van der Waals surface area contributed by atoms with Crippen molar-refractivity contribution in [3.8, 4) is 6.07 Å².